The summed E-state index contributed by atoms with van der Waals surface area (Å²) in [5.74, 6) is 1.36. The number of carbonyl (C=O) groups is 1. The Morgan fingerprint density at radius 2 is 1.85 bits per heavy atom. The molecule has 0 unspecified atom stereocenters. The standard InChI is InChI=1S/C31H31N5O4/c1-39-29-17-24-25(18-26(29)35-30(38)13-16-36-14-5-2-6-15-36)33-20-21(19-32)31(24)34-22-9-11-23(12-10-22)40-28-8-4-3-7-27(28)37/h3-4,7-12,17-18,20,37H,2,5-6,13-16H2,1H3,(H,33,34)(H,35,38). The lowest BCUT2D eigenvalue weighted by atomic mass is 10.1. The van der Waals surface area contributed by atoms with Crippen molar-refractivity contribution in [3.8, 4) is 29.1 Å². The number of nitrogens with zero attached hydrogens (tertiary/aromatic N) is 3. The van der Waals surface area contributed by atoms with Crippen LogP contribution in [0.1, 0.15) is 31.2 Å². The van der Waals surface area contributed by atoms with Crippen LogP contribution in [-0.4, -0.2) is 47.6 Å². The van der Waals surface area contributed by atoms with Gasteiger partial charge < -0.3 is 30.1 Å². The highest BCUT2D eigenvalue weighted by Gasteiger charge is 2.17. The molecule has 1 aromatic heterocycles. The number of phenolic OH excluding ortho intramolecular Hbond substituents is 1. The van der Waals surface area contributed by atoms with Gasteiger partial charge in [0, 0.05) is 30.2 Å². The lowest BCUT2D eigenvalue weighted by Crippen LogP contribution is -2.32. The monoisotopic (exact) mass is 537 g/mol. The van der Waals surface area contributed by atoms with Crippen molar-refractivity contribution >= 4 is 33.9 Å². The van der Waals surface area contributed by atoms with Gasteiger partial charge in [0.05, 0.1) is 29.6 Å². The number of nitriles is 1. The predicted octanol–water partition coefficient (Wildman–Crippen LogP) is 6.17. The molecule has 3 aromatic carbocycles. The summed E-state index contributed by atoms with van der Waals surface area (Å²) < 4.78 is 11.4. The Morgan fingerprint density at radius 1 is 1.07 bits per heavy atom. The Hall–Kier alpha value is -4.81. The molecule has 9 heteroatoms. The maximum atomic E-state index is 12.7. The molecule has 204 valence electrons. The molecule has 1 aliphatic rings. The van der Waals surface area contributed by atoms with Gasteiger partial charge in [-0.15, -0.1) is 0 Å². The number of hydrogen-bond acceptors (Lipinski definition) is 8. The number of hydrogen-bond donors (Lipinski definition) is 3. The number of ether oxygens (including phenoxy) is 2. The van der Waals surface area contributed by atoms with Gasteiger partial charge in [0.25, 0.3) is 0 Å². The average molecular weight is 538 g/mol. The lowest BCUT2D eigenvalue weighted by molar-refractivity contribution is -0.116. The number of carbonyl (C=O) groups excluding carboxylic acids is 1. The summed E-state index contributed by atoms with van der Waals surface area (Å²) in [7, 11) is 1.54. The van der Waals surface area contributed by atoms with Gasteiger partial charge in [-0.3, -0.25) is 9.78 Å². The molecule has 1 saturated heterocycles. The van der Waals surface area contributed by atoms with E-state index in [9.17, 15) is 15.2 Å². The quantitative estimate of drug-likeness (QED) is 0.232. The van der Waals surface area contributed by atoms with Gasteiger partial charge >= 0.3 is 0 Å². The molecule has 1 amide bonds. The Morgan fingerprint density at radius 3 is 2.58 bits per heavy atom. The fraction of sp³-hybridized carbons (Fsp3) is 0.258. The number of pyridine rings is 1. The predicted molar refractivity (Wildman–Crippen MR) is 154 cm³/mol. The third-order valence-corrected chi connectivity index (χ3v) is 6.90. The van der Waals surface area contributed by atoms with Gasteiger partial charge in [-0.05, 0) is 74.5 Å². The number of likely N-dealkylation sites (tertiary alicyclic amines) is 1. The van der Waals surface area contributed by atoms with E-state index in [-0.39, 0.29) is 11.7 Å². The van der Waals surface area contributed by atoms with Crippen LogP contribution < -0.4 is 20.1 Å². The number of methoxy groups -OCH3 is 1. The number of phenols is 1. The second kappa shape index (κ2) is 12.4. The molecule has 0 aliphatic carbocycles. The zero-order valence-corrected chi connectivity index (χ0v) is 22.3. The van der Waals surface area contributed by atoms with Crippen molar-refractivity contribution in [2.24, 2.45) is 0 Å². The van der Waals surface area contributed by atoms with Crippen LogP contribution in [0.4, 0.5) is 17.1 Å². The Kier molecular flexibility index (Phi) is 8.28. The van der Waals surface area contributed by atoms with Gasteiger partial charge in [-0.1, -0.05) is 18.6 Å². The highest BCUT2D eigenvalue weighted by Crippen LogP contribution is 2.37. The van der Waals surface area contributed by atoms with E-state index >= 15 is 0 Å². The summed E-state index contributed by atoms with van der Waals surface area (Å²) in [6.45, 7) is 2.82. The first-order valence-corrected chi connectivity index (χ1v) is 13.3. The van der Waals surface area contributed by atoms with Crippen LogP contribution in [0.25, 0.3) is 10.9 Å². The minimum Gasteiger partial charge on any atom is -0.504 e. The maximum Gasteiger partial charge on any atom is 0.225 e. The number of aromatic hydroxyl groups is 1. The molecule has 1 fully saturated rings. The molecule has 9 nitrogen and oxygen atoms in total. The van der Waals surface area contributed by atoms with Crippen molar-refractivity contribution in [3.63, 3.8) is 0 Å². The van der Waals surface area contributed by atoms with Gasteiger partial charge in [-0.2, -0.15) is 5.26 Å². The Labute approximate surface area is 233 Å². The number of benzene rings is 3. The van der Waals surface area contributed by atoms with Crippen molar-refractivity contribution in [1.82, 2.24) is 9.88 Å². The fourth-order valence-electron chi connectivity index (χ4n) is 4.78. The number of para-hydroxylation sites is 2. The van der Waals surface area contributed by atoms with Crippen molar-refractivity contribution in [2.75, 3.05) is 37.4 Å². The number of amides is 1. The molecule has 3 N–H and O–H groups in total. The summed E-state index contributed by atoms with van der Waals surface area (Å²) in [5.41, 5.74) is 2.80. The summed E-state index contributed by atoms with van der Waals surface area (Å²) in [6, 6.07) is 19.7. The van der Waals surface area contributed by atoms with Gasteiger partial charge in [0.2, 0.25) is 5.91 Å². The Bertz CT molecular complexity index is 1540. The summed E-state index contributed by atoms with van der Waals surface area (Å²) in [5, 5.41) is 26.7. The van der Waals surface area contributed by atoms with Crippen molar-refractivity contribution in [2.45, 2.75) is 25.7 Å². The van der Waals surface area contributed by atoms with Crippen molar-refractivity contribution in [3.05, 3.63) is 72.4 Å². The van der Waals surface area contributed by atoms with E-state index in [1.54, 1.807) is 55.6 Å². The minimum absolute atomic E-state index is 0.0538. The van der Waals surface area contributed by atoms with Gasteiger partial charge in [-0.25, -0.2) is 0 Å². The van der Waals surface area contributed by atoms with E-state index in [1.807, 2.05) is 12.1 Å². The highest BCUT2D eigenvalue weighted by atomic mass is 16.5. The van der Waals surface area contributed by atoms with E-state index < -0.39 is 0 Å². The number of aromatic nitrogens is 1. The van der Waals surface area contributed by atoms with Crippen molar-refractivity contribution in [1.29, 1.82) is 5.26 Å². The summed E-state index contributed by atoms with van der Waals surface area (Å²) in [4.78, 5) is 19.5. The second-order valence-electron chi connectivity index (χ2n) is 9.65. The van der Waals surface area contributed by atoms with Gasteiger partial charge in [0.1, 0.15) is 17.6 Å². The molecule has 1 aliphatic heterocycles. The number of anilines is 3. The van der Waals surface area contributed by atoms with Crippen molar-refractivity contribution < 1.29 is 19.4 Å². The highest BCUT2D eigenvalue weighted by molar-refractivity contribution is 6.01. The zero-order chi connectivity index (χ0) is 27.9. The third kappa shape index (κ3) is 6.25. The molecule has 0 spiro atoms. The van der Waals surface area contributed by atoms with E-state index in [1.165, 1.54) is 25.5 Å². The summed E-state index contributed by atoms with van der Waals surface area (Å²) in [6.07, 6.45) is 5.53. The smallest absolute Gasteiger partial charge is 0.225 e. The van der Waals surface area contributed by atoms with Crippen LogP contribution in [0.2, 0.25) is 0 Å². The minimum atomic E-state index is -0.0821. The molecule has 0 saturated carbocycles. The molecular formula is C31H31N5O4. The molecular weight excluding hydrogens is 506 g/mol. The number of piperidine rings is 1. The lowest BCUT2D eigenvalue weighted by Gasteiger charge is -2.26. The SMILES string of the molecule is COc1cc2c(Nc3ccc(Oc4ccccc4O)cc3)c(C#N)cnc2cc1NC(=O)CCN1CCCCC1. The van der Waals surface area contributed by atoms with Crippen LogP contribution in [0.15, 0.2) is 66.9 Å². The zero-order valence-electron chi connectivity index (χ0n) is 22.3. The molecule has 2 heterocycles. The maximum absolute atomic E-state index is 12.7. The first-order valence-electron chi connectivity index (χ1n) is 13.3. The molecule has 40 heavy (non-hydrogen) atoms. The molecule has 0 radical (unpaired) electrons. The third-order valence-electron chi connectivity index (χ3n) is 6.90. The number of nitrogens with one attached hydrogen (secondary N) is 2. The molecule has 0 bridgehead atoms. The van der Waals surface area contributed by atoms with E-state index in [0.717, 1.165) is 25.3 Å². The molecule has 0 atom stereocenters. The van der Waals surface area contributed by atoms with Crippen LogP contribution in [0.3, 0.4) is 0 Å². The van der Waals surface area contributed by atoms with E-state index in [0.29, 0.717) is 51.5 Å². The second-order valence-corrected chi connectivity index (χ2v) is 9.65. The van der Waals surface area contributed by atoms with E-state index in [2.05, 4.69) is 26.6 Å². The normalized spacial score (nSPS) is 13.4. The van der Waals surface area contributed by atoms with Crippen LogP contribution in [-0.2, 0) is 4.79 Å². The molecule has 5 rings (SSSR count). The fourth-order valence-corrected chi connectivity index (χ4v) is 4.78. The average Bonchev–Trinajstić information content (AvgIpc) is 2.98. The van der Waals surface area contributed by atoms with E-state index in [4.69, 9.17) is 9.47 Å². The number of rotatable bonds is 9. The first kappa shape index (κ1) is 26.8. The van der Waals surface area contributed by atoms with Gasteiger partial charge in [0.15, 0.2) is 11.5 Å². The number of fused-ring (bicyclic) bond motifs is 1. The largest absolute Gasteiger partial charge is 0.504 e. The van der Waals surface area contributed by atoms with Crippen LogP contribution in [0.5, 0.6) is 23.0 Å². The Balaban J connectivity index is 1.35. The first-order chi connectivity index (χ1) is 19.5. The van der Waals surface area contributed by atoms with Crippen LogP contribution >= 0.6 is 0 Å². The van der Waals surface area contributed by atoms with Crippen LogP contribution in [0, 0.1) is 11.3 Å². The topological polar surface area (TPSA) is 120 Å². The summed E-state index contributed by atoms with van der Waals surface area (Å²) >= 11 is 0. The molecule has 4 aromatic rings.